The Bertz CT molecular complexity index is 539. The molecule has 90 valence electrons. The van der Waals surface area contributed by atoms with Gasteiger partial charge in [-0.05, 0) is 46.9 Å². The third-order valence-electron chi connectivity index (χ3n) is 2.46. The number of thiophene rings is 1. The van der Waals surface area contributed by atoms with Crippen LogP contribution in [0.3, 0.4) is 0 Å². The molecule has 0 aliphatic heterocycles. The second-order valence-electron chi connectivity index (χ2n) is 3.82. The summed E-state index contributed by atoms with van der Waals surface area (Å²) in [6.45, 7) is 4.21. The van der Waals surface area contributed by atoms with Crippen LogP contribution in [0.1, 0.15) is 24.6 Å². The molecule has 2 rings (SSSR count). The van der Waals surface area contributed by atoms with Gasteiger partial charge in [0.15, 0.2) is 5.82 Å². The van der Waals surface area contributed by atoms with E-state index < -0.39 is 0 Å². The Morgan fingerprint density at radius 1 is 1.35 bits per heavy atom. The number of aromatic nitrogens is 2. The first kappa shape index (κ1) is 13.2. The van der Waals surface area contributed by atoms with Crippen LogP contribution in [-0.4, -0.2) is 9.97 Å². The van der Waals surface area contributed by atoms with E-state index in [1.165, 1.54) is 5.56 Å². The van der Waals surface area contributed by atoms with Crippen LogP contribution in [-0.2, 0) is 6.42 Å². The van der Waals surface area contributed by atoms with Crippen molar-refractivity contribution in [2.24, 2.45) is 0 Å². The molecule has 0 N–H and O–H groups in total. The van der Waals surface area contributed by atoms with Gasteiger partial charge in [-0.25, -0.2) is 9.97 Å². The summed E-state index contributed by atoms with van der Waals surface area (Å²) in [5.74, 6) is 0.748. The summed E-state index contributed by atoms with van der Waals surface area (Å²) >= 11 is 10.1. The number of aryl methyl sites for hydroxylation is 2. The standard InChI is InChI=1S/C12H12ClIN2S/c1-3-4-9-10(14)11(13)16-12(15-9)8-6-17-5-7(8)2/h5-6H,3-4H2,1-2H3. The van der Waals surface area contributed by atoms with Gasteiger partial charge < -0.3 is 0 Å². The van der Waals surface area contributed by atoms with Crippen molar-refractivity contribution in [3.63, 3.8) is 0 Å². The summed E-state index contributed by atoms with van der Waals surface area (Å²) in [5, 5.41) is 4.73. The van der Waals surface area contributed by atoms with Crippen LogP contribution < -0.4 is 0 Å². The van der Waals surface area contributed by atoms with Crippen LogP contribution in [0.2, 0.25) is 5.15 Å². The van der Waals surface area contributed by atoms with Crippen molar-refractivity contribution in [2.45, 2.75) is 26.7 Å². The lowest BCUT2D eigenvalue weighted by molar-refractivity contribution is 0.867. The molecule has 0 bridgehead atoms. The topological polar surface area (TPSA) is 25.8 Å². The highest BCUT2D eigenvalue weighted by Gasteiger charge is 2.13. The zero-order chi connectivity index (χ0) is 12.4. The van der Waals surface area contributed by atoms with Crippen molar-refractivity contribution in [3.05, 3.63) is 30.7 Å². The lowest BCUT2D eigenvalue weighted by Crippen LogP contribution is -2.00. The predicted octanol–water partition coefficient (Wildman–Crippen LogP) is 4.72. The lowest BCUT2D eigenvalue weighted by Gasteiger charge is -2.07. The molecular weight excluding hydrogens is 367 g/mol. The van der Waals surface area contributed by atoms with Crippen molar-refractivity contribution in [1.82, 2.24) is 9.97 Å². The molecule has 0 atom stereocenters. The third-order valence-corrected chi connectivity index (χ3v) is 5.05. The molecule has 0 spiro atoms. The average Bonchev–Trinajstić information content (AvgIpc) is 2.71. The maximum Gasteiger partial charge on any atom is 0.162 e. The summed E-state index contributed by atoms with van der Waals surface area (Å²) < 4.78 is 0.975. The molecule has 17 heavy (non-hydrogen) atoms. The highest BCUT2D eigenvalue weighted by molar-refractivity contribution is 14.1. The fourth-order valence-electron chi connectivity index (χ4n) is 1.58. The molecule has 2 nitrogen and oxygen atoms in total. The molecule has 0 saturated carbocycles. The molecule has 2 aromatic rings. The van der Waals surface area contributed by atoms with Gasteiger partial charge in [-0.15, -0.1) is 0 Å². The molecule has 0 aliphatic rings. The molecule has 0 aliphatic carbocycles. The SMILES string of the molecule is CCCc1nc(-c2cscc2C)nc(Cl)c1I. The number of nitrogens with zero attached hydrogens (tertiary/aromatic N) is 2. The molecule has 0 radical (unpaired) electrons. The van der Waals surface area contributed by atoms with E-state index >= 15 is 0 Å². The normalized spacial score (nSPS) is 10.8. The molecule has 0 amide bonds. The van der Waals surface area contributed by atoms with Crippen molar-refractivity contribution >= 4 is 45.5 Å². The Morgan fingerprint density at radius 2 is 2.12 bits per heavy atom. The van der Waals surface area contributed by atoms with Gasteiger partial charge >= 0.3 is 0 Å². The van der Waals surface area contributed by atoms with E-state index in [1.807, 2.05) is 0 Å². The Balaban J connectivity index is 2.53. The van der Waals surface area contributed by atoms with Gasteiger partial charge in [0.05, 0.1) is 9.26 Å². The maximum absolute atomic E-state index is 6.17. The smallest absolute Gasteiger partial charge is 0.162 e. The second kappa shape index (κ2) is 5.63. The zero-order valence-electron chi connectivity index (χ0n) is 9.63. The van der Waals surface area contributed by atoms with E-state index in [4.69, 9.17) is 11.6 Å². The molecule has 0 unspecified atom stereocenters. The van der Waals surface area contributed by atoms with Crippen molar-refractivity contribution < 1.29 is 0 Å². The Kier molecular flexibility index (Phi) is 4.38. The summed E-state index contributed by atoms with van der Waals surface area (Å²) in [6, 6.07) is 0. The van der Waals surface area contributed by atoms with Crippen LogP contribution in [0.5, 0.6) is 0 Å². The number of hydrogen-bond acceptors (Lipinski definition) is 3. The Morgan fingerprint density at radius 3 is 2.71 bits per heavy atom. The van der Waals surface area contributed by atoms with Gasteiger partial charge in [-0.3, -0.25) is 0 Å². The maximum atomic E-state index is 6.17. The fraction of sp³-hybridized carbons (Fsp3) is 0.333. The van der Waals surface area contributed by atoms with E-state index in [0.29, 0.717) is 5.15 Å². The predicted molar refractivity (Wildman–Crippen MR) is 81.8 cm³/mol. The minimum absolute atomic E-state index is 0.560. The van der Waals surface area contributed by atoms with Crippen LogP contribution in [0, 0.1) is 10.5 Å². The van der Waals surface area contributed by atoms with E-state index in [0.717, 1.165) is 33.5 Å². The third kappa shape index (κ3) is 2.80. The van der Waals surface area contributed by atoms with Crippen molar-refractivity contribution in [1.29, 1.82) is 0 Å². The molecule has 5 heteroatoms. The fourth-order valence-corrected chi connectivity index (χ4v) is 3.10. The van der Waals surface area contributed by atoms with Crippen LogP contribution in [0.25, 0.3) is 11.4 Å². The van der Waals surface area contributed by atoms with Gasteiger partial charge in [-0.2, -0.15) is 11.3 Å². The van der Waals surface area contributed by atoms with Gasteiger partial charge in [0.25, 0.3) is 0 Å². The molecular formula is C12H12ClIN2S. The largest absolute Gasteiger partial charge is 0.232 e. The van der Waals surface area contributed by atoms with Crippen LogP contribution in [0.4, 0.5) is 0 Å². The number of hydrogen-bond donors (Lipinski definition) is 0. The summed E-state index contributed by atoms with van der Waals surface area (Å²) in [4.78, 5) is 9.00. The highest BCUT2D eigenvalue weighted by Crippen LogP contribution is 2.28. The lowest BCUT2D eigenvalue weighted by atomic mass is 10.2. The van der Waals surface area contributed by atoms with E-state index in [-0.39, 0.29) is 0 Å². The monoisotopic (exact) mass is 378 g/mol. The minimum Gasteiger partial charge on any atom is -0.232 e. The van der Waals surface area contributed by atoms with E-state index in [9.17, 15) is 0 Å². The molecule has 2 heterocycles. The van der Waals surface area contributed by atoms with Crippen molar-refractivity contribution in [3.8, 4) is 11.4 Å². The van der Waals surface area contributed by atoms with Gasteiger partial charge in [0.2, 0.25) is 0 Å². The first-order chi connectivity index (χ1) is 8.13. The second-order valence-corrected chi connectivity index (χ2v) is 6.00. The van der Waals surface area contributed by atoms with Gasteiger partial charge in [-0.1, -0.05) is 24.9 Å². The first-order valence-corrected chi connectivity index (χ1v) is 7.78. The molecule has 2 aromatic heterocycles. The zero-order valence-corrected chi connectivity index (χ0v) is 13.4. The van der Waals surface area contributed by atoms with E-state index in [1.54, 1.807) is 11.3 Å². The first-order valence-electron chi connectivity index (χ1n) is 5.38. The van der Waals surface area contributed by atoms with Crippen LogP contribution in [0.15, 0.2) is 10.8 Å². The quantitative estimate of drug-likeness (QED) is 0.570. The summed E-state index contributed by atoms with van der Waals surface area (Å²) in [5.41, 5.74) is 3.34. The summed E-state index contributed by atoms with van der Waals surface area (Å²) in [7, 11) is 0. The minimum atomic E-state index is 0.560. The van der Waals surface area contributed by atoms with Gasteiger partial charge in [0.1, 0.15) is 5.15 Å². The number of halogens is 2. The van der Waals surface area contributed by atoms with Crippen LogP contribution >= 0.6 is 45.5 Å². The van der Waals surface area contributed by atoms with Crippen molar-refractivity contribution in [2.75, 3.05) is 0 Å². The Labute approximate surface area is 124 Å². The Hall–Kier alpha value is -0.200. The van der Waals surface area contributed by atoms with E-state index in [2.05, 4.69) is 57.2 Å². The number of rotatable bonds is 3. The summed E-state index contributed by atoms with van der Waals surface area (Å²) in [6.07, 6.45) is 2.00. The molecule has 0 aromatic carbocycles. The molecule has 0 saturated heterocycles. The molecule has 0 fully saturated rings. The highest BCUT2D eigenvalue weighted by atomic mass is 127. The van der Waals surface area contributed by atoms with Gasteiger partial charge in [0, 0.05) is 10.9 Å². The average molecular weight is 379 g/mol.